The molecule has 34 heavy (non-hydrogen) atoms. The van der Waals surface area contributed by atoms with Crippen molar-refractivity contribution in [2.45, 2.75) is 45.2 Å². The molecule has 3 fully saturated rings. The summed E-state index contributed by atoms with van der Waals surface area (Å²) in [6, 6.07) is 15.6. The first kappa shape index (κ1) is 21.9. The van der Waals surface area contributed by atoms with Crippen molar-refractivity contribution >= 4 is 16.8 Å². The quantitative estimate of drug-likeness (QED) is 0.531. The molecular weight excluding hydrogens is 424 g/mol. The number of rotatable bonds is 6. The molecule has 0 unspecified atom stereocenters. The minimum atomic E-state index is 0.588. The number of piperazine rings is 1. The van der Waals surface area contributed by atoms with Gasteiger partial charge in [-0.05, 0) is 75.5 Å². The first-order valence-electron chi connectivity index (χ1n) is 13.0. The van der Waals surface area contributed by atoms with Gasteiger partial charge in [-0.1, -0.05) is 28.9 Å². The topological polar surface area (TPSA) is 45.0 Å². The maximum absolute atomic E-state index is 6.29. The summed E-state index contributed by atoms with van der Waals surface area (Å²) in [5, 5.41) is 5.57. The lowest BCUT2D eigenvalue weighted by atomic mass is 9.91. The predicted octanol–water partition coefficient (Wildman–Crippen LogP) is 4.71. The van der Waals surface area contributed by atoms with Crippen LogP contribution in [0.4, 0.5) is 5.82 Å². The summed E-state index contributed by atoms with van der Waals surface area (Å²) in [4.78, 5) is 7.64. The first-order chi connectivity index (χ1) is 16.7. The van der Waals surface area contributed by atoms with Gasteiger partial charge in [0.15, 0.2) is 11.4 Å². The Balaban J connectivity index is 1.03. The van der Waals surface area contributed by atoms with Gasteiger partial charge in [0.2, 0.25) is 0 Å². The minimum Gasteiger partial charge on any atom is -0.493 e. The van der Waals surface area contributed by atoms with Crippen molar-refractivity contribution in [2.75, 3.05) is 50.8 Å². The van der Waals surface area contributed by atoms with Crippen LogP contribution in [0.1, 0.15) is 36.8 Å². The van der Waals surface area contributed by atoms with Gasteiger partial charge in [-0.3, -0.25) is 9.80 Å². The van der Waals surface area contributed by atoms with Crippen LogP contribution >= 0.6 is 0 Å². The lowest BCUT2D eigenvalue weighted by molar-refractivity contribution is 0.0726. The Kier molecular flexibility index (Phi) is 6.18. The number of fused-ring (bicyclic) bond motifs is 2. The van der Waals surface area contributed by atoms with Crippen molar-refractivity contribution in [3.05, 3.63) is 53.6 Å². The van der Waals surface area contributed by atoms with Crippen LogP contribution in [-0.2, 0) is 6.54 Å². The van der Waals surface area contributed by atoms with Crippen molar-refractivity contribution in [3.8, 4) is 5.75 Å². The van der Waals surface area contributed by atoms with Crippen molar-refractivity contribution < 1.29 is 9.26 Å². The van der Waals surface area contributed by atoms with Crippen molar-refractivity contribution in [2.24, 2.45) is 5.92 Å². The van der Waals surface area contributed by atoms with Crippen LogP contribution < -0.4 is 9.64 Å². The molecule has 3 saturated heterocycles. The van der Waals surface area contributed by atoms with Crippen molar-refractivity contribution in [3.63, 3.8) is 0 Å². The van der Waals surface area contributed by atoms with E-state index in [1.54, 1.807) is 0 Å². The van der Waals surface area contributed by atoms with E-state index >= 15 is 0 Å². The van der Waals surface area contributed by atoms with E-state index in [9.17, 15) is 0 Å². The van der Waals surface area contributed by atoms with Crippen LogP contribution in [0, 0.1) is 12.8 Å². The van der Waals surface area contributed by atoms with E-state index < -0.39 is 0 Å². The van der Waals surface area contributed by atoms with Gasteiger partial charge in [-0.15, -0.1) is 0 Å². The smallest absolute Gasteiger partial charge is 0.180 e. The summed E-state index contributed by atoms with van der Waals surface area (Å²) in [6.07, 6.45) is 5.11. The van der Waals surface area contributed by atoms with Gasteiger partial charge < -0.3 is 14.2 Å². The van der Waals surface area contributed by atoms with Gasteiger partial charge in [-0.25, -0.2) is 0 Å². The SMILES string of the molecule is Cc1ccc2onc(N3CCN4C[C@H](COc5cccc(CN6CCCC6)c5)CC[C@@H]4C3)c2c1. The number of aromatic nitrogens is 1. The van der Waals surface area contributed by atoms with Crippen molar-refractivity contribution in [1.29, 1.82) is 0 Å². The molecule has 6 heteroatoms. The number of likely N-dealkylation sites (tertiary alicyclic amines) is 1. The molecule has 0 N–H and O–H groups in total. The van der Waals surface area contributed by atoms with E-state index in [1.807, 2.05) is 6.07 Å². The fourth-order valence-electron chi connectivity index (χ4n) is 6.00. The van der Waals surface area contributed by atoms with Gasteiger partial charge in [0.1, 0.15) is 5.75 Å². The molecule has 6 nitrogen and oxygen atoms in total. The minimum absolute atomic E-state index is 0.588. The zero-order chi connectivity index (χ0) is 22.9. The van der Waals surface area contributed by atoms with Gasteiger partial charge >= 0.3 is 0 Å². The van der Waals surface area contributed by atoms with E-state index in [2.05, 4.69) is 63.2 Å². The van der Waals surface area contributed by atoms with Crippen LogP contribution in [0.25, 0.3) is 11.0 Å². The molecule has 0 aliphatic carbocycles. The van der Waals surface area contributed by atoms with Crippen LogP contribution in [-0.4, -0.2) is 66.9 Å². The summed E-state index contributed by atoms with van der Waals surface area (Å²) in [6.45, 7) is 10.7. The normalized spacial score (nSPS) is 24.0. The number of piperidine rings is 1. The number of ether oxygens (including phenoxy) is 1. The Morgan fingerprint density at radius 1 is 1.00 bits per heavy atom. The number of hydrogen-bond donors (Lipinski definition) is 0. The molecule has 6 rings (SSSR count). The zero-order valence-corrected chi connectivity index (χ0v) is 20.3. The van der Waals surface area contributed by atoms with Crippen LogP contribution in [0.2, 0.25) is 0 Å². The average Bonchev–Trinajstić information content (AvgIpc) is 3.52. The second-order valence-corrected chi connectivity index (χ2v) is 10.5. The van der Waals surface area contributed by atoms with E-state index in [0.29, 0.717) is 12.0 Å². The summed E-state index contributed by atoms with van der Waals surface area (Å²) in [5.74, 6) is 2.63. The standard InChI is InChI=1S/C28H36N4O2/c1-21-7-10-27-26(15-21)28(29-34-27)32-14-13-31-18-23(8-9-24(31)19-32)20-33-25-6-4-5-22(16-25)17-30-11-2-3-12-30/h4-7,10,15-16,23-24H,2-3,8-9,11-14,17-20H2,1H3/t23-,24-/m1/s1. The first-order valence-corrected chi connectivity index (χ1v) is 13.0. The third-order valence-corrected chi connectivity index (χ3v) is 7.90. The monoisotopic (exact) mass is 460 g/mol. The molecule has 0 saturated carbocycles. The number of hydrogen-bond acceptors (Lipinski definition) is 6. The highest BCUT2D eigenvalue weighted by molar-refractivity contribution is 5.89. The average molecular weight is 461 g/mol. The molecule has 3 aliphatic rings. The van der Waals surface area contributed by atoms with Gasteiger partial charge in [0.05, 0.1) is 12.0 Å². The van der Waals surface area contributed by atoms with Gasteiger partial charge in [0, 0.05) is 44.7 Å². The summed E-state index contributed by atoms with van der Waals surface area (Å²) in [7, 11) is 0. The zero-order valence-electron chi connectivity index (χ0n) is 20.3. The molecule has 0 radical (unpaired) electrons. The Morgan fingerprint density at radius 3 is 2.82 bits per heavy atom. The number of benzene rings is 2. The molecule has 3 aromatic rings. The number of nitrogens with zero attached hydrogens (tertiary/aromatic N) is 4. The van der Waals surface area contributed by atoms with Crippen LogP contribution in [0.15, 0.2) is 47.0 Å². The maximum Gasteiger partial charge on any atom is 0.180 e. The molecule has 0 amide bonds. The fourth-order valence-corrected chi connectivity index (χ4v) is 6.00. The third-order valence-electron chi connectivity index (χ3n) is 7.90. The third kappa shape index (κ3) is 4.66. The lowest BCUT2D eigenvalue weighted by Gasteiger charge is -2.46. The Bertz CT molecular complexity index is 1120. The highest BCUT2D eigenvalue weighted by atomic mass is 16.5. The molecule has 4 heterocycles. The Hall–Kier alpha value is -2.57. The molecular formula is C28H36N4O2. The fraction of sp³-hybridized carbons (Fsp3) is 0.536. The van der Waals surface area contributed by atoms with Gasteiger partial charge in [0.25, 0.3) is 0 Å². The largest absolute Gasteiger partial charge is 0.493 e. The van der Waals surface area contributed by atoms with Crippen molar-refractivity contribution in [1.82, 2.24) is 15.0 Å². The summed E-state index contributed by atoms with van der Waals surface area (Å²) >= 11 is 0. The number of anilines is 1. The molecule has 2 atom stereocenters. The summed E-state index contributed by atoms with van der Waals surface area (Å²) < 4.78 is 11.9. The molecule has 1 aromatic heterocycles. The molecule has 0 spiro atoms. The predicted molar refractivity (Wildman–Crippen MR) is 135 cm³/mol. The molecule has 180 valence electrons. The van der Waals surface area contributed by atoms with Gasteiger partial charge in [-0.2, -0.15) is 0 Å². The lowest BCUT2D eigenvalue weighted by Crippen LogP contribution is -2.57. The van der Waals surface area contributed by atoms with Crippen LogP contribution in [0.5, 0.6) is 5.75 Å². The molecule has 2 aromatic carbocycles. The van der Waals surface area contributed by atoms with Crippen LogP contribution in [0.3, 0.4) is 0 Å². The molecule has 0 bridgehead atoms. The highest BCUT2D eigenvalue weighted by Gasteiger charge is 2.34. The highest BCUT2D eigenvalue weighted by Crippen LogP contribution is 2.32. The Morgan fingerprint density at radius 2 is 1.91 bits per heavy atom. The summed E-state index contributed by atoms with van der Waals surface area (Å²) in [5.41, 5.74) is 3.50. The van der Waals surface area contributed by atoms with E-state index in [1.165, 1.54) is 49.9 Å². The number of aryl methyl sites for hydroxylation is 1. The maximum atomic E-state index is 6.29. The Labute approximate surface area is 202 Å². The van der Waals surface area contributed by atoms with E-state index in [-0.39, 0.29) is 0 Å². The molecule has 3 aliphatic heterocycles. The second-order valence-electron chi connectivity index (χ2n) is 10.5. The van der Waals surface area contributed by atoms with E-state index in [4.69, 9.17) is 9.26 Å². The van der Waals surface area contributed by atoms with E-state index in [0.717, 1.165) is 61.9 Å². The second kappa shape index (κ2) is 9.59.